The van der Waals surface area contributed by atoms with Gasteiger partial charge in [0.15, 0.2) is 5.16 Å². The normalized spacial score (nSPS) is 18.1. The molecule has 1 fully saturated rings. The summed E-state index contributed by atoms with van der Waals surface area (Å²) in [5, 5.41) is 14.5. The number of benzene rings is 1. The Labute approximate surface area is 193 Å². The van der Waals surface area contributed by atoms with Crippen LogP contribution in [0.15, 0.2) is 53.0 Å². The lowest BCUT2D eigenvalue weighted by Gasteiger charge is -2.19. The molecule has 4 rings (SSSR count). The molecule has 4 amide bonds. The Balaban J connectivity index is 1.48. The zero-order valence-electron chi connectivity index (χ0n) is 17.6. The molecule has 0 spiro atoms. The summed E-state index contributed by atoms with van der Waals surface area (Å²) in [6.07, 6.45) is 1.04. The quantitative estimate of drug-likeness (QED) is 0.387. The Morgan fingerprint density at radius 3 is 2.62 bits per heavy atom. The first-order chi connectivity index (χ1) is 15.4. The molecule has 9 nitrogen and oxygen atoms in total. The monoisotopic (exact) mass is 470 g/mol. The molecule has 166 valence electrons. The number of nitrogens with one attached hydrogen (secondary N) is 2. The first-order valence-electron chi connectivity index (χ1n) is 10.0. The van der Waals surface area contributed by atoms with E-state index in [0.29, 0.717) is 18.0 Å². The molecular weight excluding hydrogens is 448 g/mol. The maximum Gasteiger partial charge on any atom is 0.344 e. The third-order valence-electron chi connectivity index (χ3n) is 5.16. The number of nitrogens with zero attached hydrogens (tertiary/aromatic N) is 4. The third-order valence-corrected chi connectivity index (χ3v) is 6.97. The molecule has 11 heteroatoms. The van der Waals surface area contributed by atoms with E-state index >= 15 is 0 Å². The molecule has 0 unspecified atom stereocenters. The highest BCUT2D eigenvalue weighted by Gasteiger charge is 2.47. The number of hydrazine groups is 1. The number of carbonyl (C=O) groups is 3. The van der Waals surface area contributed by atoms with E-state index in [2.05, 4.69) is 20.9 Å². The van der Waals surface area contributed by atoms with Crippen LogP contribution in [0.25, 0.3) is 5.69 Å². The van der Waals surface area contributed by atoms with Gasteiger partial charge in [0.1, 0.15) is 11.4 Å². The molecule has 0 aliphatic carbocycles. The van der Waals surface area contributed by atoms with Crippen molar-refractivity contribution in [3.8, 4) is 5.69 Å². The largest absolute Gasteiger partial charge is 0.344 e. The molecule has 1 saturated heterocycles. The molecule has 3 heterocycles. The first kappa shape index (κ1) is 22.0. The van der Waals surface area contributed by atoms with Crippen LogP contribution < -0.4 is 10.7 Å². The molecule has 2 N–H and O–H groups in total. The zero-order valence-corrected chi connectivity index (χ0v) is 19.2. The standard InChI is InChI=1S/C21H22N6O3S2/c1-3-21(2)18(29)27(19(30)22-21)25-17(28)13-32-20-24-23-16(12-15-10-7-11-31-15)26(20)14-8-5-4-6-9-14/h4-11H,3,12-13H2,1-2H3,(H,22,30)(H,25,28)/t21-/m0/s1. The average Bonchev–Trinajstić information content (AvgIpc) is 3.50. The van der Waals surface area contributed by atoms with Crippen molar-refractivity contribution >= 4 is 40.9 Å². The van der Waals surface area contributed by atoms with Crippen LogP contribution in [0.3, 0.4) is 0 Å². The fourth-order valence-electron chi connectivity index (χ4n) is 3.23. The molecule has 3 aromatic rings. The third kappa shape index (κ3) is 4.39. The Morgan fingerprint density at radius 1 is 1.19 bits per heavy atom. The highest BCUT2D eigenvalue weighted by Crippen LogP contribution is 2.25. The second-order valence-electron chi connectivity index (χ2n) is 7.41. The summed E-state index contributed by atoms with van der Waals surface area (Å²) in [4.78, 5) is 38.2. The highest BCUT2D eigenvalue weighted by molar-refractivity contribution is 7.99. The number of thiophene rings is 1. The van der Waals surface area contributed by atoms with Gasteiger partial charge in [-0.1, -0.05) is 43.0 Å². The molecule has 1 aromatic carbocycles. The van der Waals surface area contributed by atoms with Gasteiger partial charge in [0, 0.05) is 17.0 Å². The van der Waals surface area contributed by atoms with Crippen molar-refractivity contribution in [3.05, 3.63) is 58.5 Å². The van der Waals surface area contributed by atoms with E-state index in [4.69, 9.17) is 0 Å². The maximum absolute atomic E-state index is 12.5. The molecule has 0 saturated carbocycles. The molecule has 2 aromatic heterocycles. The summed E-state index contributed by atoms with van der Waals surface area (Å²) in [7, 11) is 0. The van der Waals surface area contributed by atoms with Crippen molar-refractivity contribution < 1.29 is 14.4 Å². The lowest BCUT2D eigenvalue weighted by molar-refractivity contribution is -0.137. The molecule has 1 aliphatic rings. The van der Waals surface area contributed by atoms with Crippen LogP contribution in [0, 0.1) is 0 Å². The lowest BCUT2D eigenvalue weighted by atomic mass is 10.00. The molecule has 0 radical (unpaired) electrons. The number of aromatic nitrogens is 3. The van der Waals surface area contributed by atoms with Crippen molar-refractivity contribution in [1.82, 2.24) is 30.5 Å². The van der Waals surface area contributed by atoms with Crippen LogP contribution >= 0.6 is 23.1 Å². The number of thioether (sulfide) groups is 1. The second-order valence-corrected chi connectivity index (χ2v) is 9.38. The van der Waals surface area contributed by atoms with E-state index in [0.717, 1.165) is 21.4 Å². The van der Waals surface area contributed by atoms with Gasteiger partial charge in [-0.2, -0.15) is 5.01 Å². The Morgan fingerprint density at radius 2 is 1.97 bits per heavy atom. The molecule has 1 aliphatic heterocycles. The number of hydrogen-bond donors (Lipinski definition) is 2. The summed E-state index contributed by atoms with van der Waals surface area (Å²) >= 11 is 2.83. The van der Waals surface area contributed by atoms with Gasteiger partial charge in [0.05, 0.1) is 5.75 Å². The molecule has 0 bridgehead atoms. The average molecular weight is 471 g/mol. The van der Waals surface area contributed by atoms with Crippen molar-refractivity contribution in [3.63, 3.8) is 0 Å². The number of para-hydroxylation sites is 1. The number of amides is 4. The lowest BCUT2D eigenvalue weighted by Crippen LogP contribution is -2.49. The summed E-state index contributed by atoms with van der Waals surface area (Å²) < 4.78 is 1.92. The van der Waals surface area contributed by atoms with E-state index in [-0.39, 0.29) is 5.75 Å². The van der Waals surface area contributed by atoms with Crippen LogP contribution in [-0.2, 0) is 16.0 Å². The fraction of sp³-hybridized carbons (Fsp3) is 0.286. The molecule has 32 heavy (non-hydrogen) atoms. The number of urea groups is 1. The number of carbonyl (C=O) groups excluding carboxylic acids is 3. The van der Waals surface area contributed by atoms with Gasteiger partial charge in [-0.15, -0.1) is 21.5 Å². The van der Waals surface area contributed by atoms with E-state index in [1.807, 2.05) is 52.4 Å². The van der Waals surface area contributed by atoms with Crippen LogP contribution in [-0.4, -0.2) is 48.9 Å². The van der Waals surface area contributed by atoms with Gasteiger partial charge in [-0.05, 0) is 36.9 Å². The van der Waals surface area contributed by atoms with Crippen LogP contribution in [0.4, 0.5) is 4.79 Å². The van der Waals surface area contributed by atoms with Gasteiger partial charge in [0.25, 0.3) is 5.91 Å². The number of rotatable bonds is 8. The van der Waals surface area contributed by atoms with Crippen molar-refractivity contribution in [1.29, 1.82) is 0 Å². The van der Waals surface area contributed by atoms with Gasteiger partial charge < -0.3 is 5.32 Å². The number of hydrogen-bond acceptors (Lipinski definition) is 7. The molecule has 1 atom stereocenters. The summed E-state index contributed by atoms with van der Waals surface area (Å²) in [5.41, 5.74) is 2.27. The van der Waals surface area contributed by atoms with Crippen LogP contribution in [0.2, 0.25) is 0 Å². The van der Waals surface area contributed by atoms with Gasteiger partial charge in [-0.3, -0.25) is 19.6 Å². The Hall–Kier alpha value is -3.18. The van der Waals surface area contributed by atoms with Crippen molar-refractivity contribution in [2.45, 2.75) is 37.4 Å². The Kier molecular flexibility index (Phi) is 6.28. The highest BCUT2D eigenvalue weighted by atomic mass is 32.2. The minimum Gasteiger partial charge on any atom is -0.322 e. The van der Waals surface area contributed by atoms with E-state index < -0.39 is 23.4 Å². The Bertz CT molecular complexity index is 1130. The summed E-state index contributed by atoms with van der Waals surface area (Å²) in [6.45, 7) is 3.43. The van der Waals surface area contributed by atoms with Crippen LogP contribution in [0.1, 0.15) is 31.0 Å². The van der Waals surface area contributed by atoms with Gasteiger partial charge in [-0.25, -0.2) is 4.79 Å². The first-order valence-corrected chi connectivity index (χ1v) is 11.9. The van der Waals surface area contributed by atoms with Gasteiger partial charge in [0.2, 0.25) is 5.91 Å². The zero-order chi connectivity index (χ0) is 22.7. The van der Waals surface area contributed by atoms with Crippen molar-refractivity contribution in [2.24, 2.45) is 0 Å². The maximum atomic E-state index is 12.5. The van der Waals surface area contributed by atoms with E-state index in [1.54, 1.807) is 25.2 Å². The predicted octanol–water partition coefficient (Wildman–Crippen LogP) is 2.76. The minimum absolute atomic E-state index is 0.0378. The fourth-order valence-corrected chi connectivity index (χ4v) is 4.69. The van der Waals surface area contributed by atoms with Crippen LogP contribution in [0.5, 0.6) is 0 Å². The topological polar surface area (TPSA) is 109 Å². The van der Waals surface area contributed by atoms with E-state index in [1.165, 1.54) is 11.8 Å². The van der Waals surface area contributed by atoms with E-state index in [9.17, 15) is 14.4 Å². The summed E-state index contributed by atoms with van der Waals surface area (Å²) in [6, 6.07) is 13.1. The molecular formula is C21H22N6O3S2. The van der Waals surface area contributed by atoms with Gasteiger partial charge >= 0.3 is 6.03 Å². The second kappa shape index (κ2) is 9.13. The summed E-state index contributed by atoms with van der Waals surface area (Å²) in [5.74, 6) is -0.242. The van der Waals surface area contributed by atoms with Crippen molar-refractivity contribution in [2.75, 3.05) is 5.75 Å². The number of imide groups is 1. The smallest absolute Gasteiger partial charge is 0.322 e. The predicted molar refractivity (Wildman–Crippen MR) is 121 cm³/mol. The minimum atomic E-state index is -1.01. The SMILES string of the molecule is CC[C@]1(C)NC(=O)N(NC(=O)CSc2nnc(Cc3cccs3)n2-c2ccccc2)C1=O.